The van der Waals surface area contributed by atoms with Gasteiger partial charge in [0.15, 0.2) is 5.13 Å². The largest absolute Gasteiger partial charge is 0.375 e. The number of nitrogens with zero attached hydrogens (tertiary/aromatic N) is 2. The number of hydrogen-bond donors (Lipinski definition) is 1. The van der Waals surface area contributed by atoms with Crippen molar-refractivity contribution >= 4 is 32.6 Å². The van der Waals surface area contributed by atoms with Crippen LogP contribution in [0.1, 0.15) is 42.5 Å². The normalized spacial score (nSPS) is 16.9. The summed E-state index contributed by atoms with van der Waals surface area (Å²) < 4.78 is 0.986. The van der Waals surface area contributed by atoms with Crippen LogP contribution in [0.15, 0.2) is 18.2 Å². The zero-order valence-corrected chi connectivity index (χ0v) is 12.3. The van der Waals surface area contributed by atoms with E-state index in [0.29, 0.717) is 5.13 Å². The fourth-order valence-corrected chi connectivity index (χ4v) is 3.48. The van der Waals surface area contributed by atoms with Crippen molar-refractivity contribution in [1.82, 2.24) is 9.88 Å². The van der Waals surface area contributed by atoms with Gasteiger partial charge in [0.25, 0.3) is 5.91 Å². The Balaban J connectivity index is 1.82. The summed E-state index contributed by atoms with van der Waals surface area (Å²) in [6, 6.07) is 5.67. The first-order chi connectivity index (χ1) is 9.74. The van der Waals surface area contributed by atoms with Crippen LogP contribution in [0.5, 0.6) is 0 Å². The molecule has 1 aliphatic heterocycles. The standard InChI is InChI=1S/C15H19N3OS/c16-15-17-12-7-6-11(10-13(12)20-15)14(19)18-8-4-2-1-3-5-9-18/h6-7,10H,1-5,8-9H2,(H2,16,17). The summed E-state index contributed by atoms with van der Waals surface area (Å²) in [7, 11) is 0. The Morgan fingerprint density at radius 1 is 1.15 bits per heavy atom. The van der Waals surface area contributed by atoms with Gasteiger partial charge in [-0.2, -0.15) is 0 Å². The van der Waals surface area contributed by atoms with E-state index in [2.05, 4.69) is 4.98 Å². The number of carbonyl (C=O) groups is 1. The molecule has 0 spiro atoms. The maximum absolute atomic E-state index is 12.6. The Kier molecular flexibility index (Phi) is 3.87. The predicted molar refractivity (Wildman–Crippen MR) is 83.0 cm³/mol. The van der Waals surface area contributed by atoms with Crippen LogP contribution in [-0.2, 0) is 0 Å². The van der Waals surface area contributed by atoms with E-state index in [1.807, 2.05) is 23.1 Å². The van der Waals surface area contributed by atoms with E-state index < -0.39 is 0 Å². The van der Waals surface area contributed by atoms with E-state index in [-0.39, 0.29) is 5.91 Å². The van der Waals surface area contributed by atoms with Crippen molar-refractivity contribution in [2.45, 2.75) is 32.1 Å². The number of thiazole rings is 1. The molecule has 2 heterocycles. The number of hydrogen-bond acceptors (Lipinski definition) is 4. The van der Waals surface area contributed by atoms with Crippen molar-refractivity contribution in [1.29, 1.82) is 0 Å². The molecule has 0 unspecified atom stereocenters. The molecule has 2 aromatic rings. The molecular formula is C15H19N3OS. The zero-order valence-electron chi connectivity index (χ0n) is 11.5. The van der Waals surface area contributed by atoms with Crippen LogP contribution in [0.25, 0.3) is 10.2 Å². The van der Waals surface area contributed by atoms with Crippen LogP contribution < -0.4 is 5.73 Å². The Hall–Kier alpha value is -1.62. The fraction of sp³-hybridized carbons (Fsp3) is 0.467. The molecule has 2 N–H and O–H groups in total. The lowest BCUT2D eigenvalue weighted by Crippen LogP contribution is -2.33. The number of anilines is 1. The predicted octanol–water partition coefficient (Wildman–Crippen LogP) is 3.28. The van der Waals surface area contributed by atoms with Crippen molar-refractivity contribution in [2.75, 3.05) is 18.8 Å². The van der Waals surface area contributed by atoms with Crippen molar-refractivity contribution < 1.29 is 4.79 Å². The van der Waals surface area contributed by atoms with Crippen molar-refractivity contribution in [2.24, 2.45) is 0 Å². The summed E-state index contributed by atoms with van der Waals surface area (Å²) in [5.74, 6) is 0.140. The second-order valence-corrected chi connectivity index (χ2v) is 6.36. The molecule has 1 fully saturated rings. The molecule has 4 nitrogen and oxygen atoms in total. The van der Waals surface area contributed by atoms with Gasteiger partial charge in [-0.15, -0.1) is 0 Å². The summed E-state index contributed by atoms with van der Waals surface area (Å²) in [4.78, 5) is 18.8. The van der Waals surface area contributed by atoms with Crippen LogP contribution >= 0.6 is 11.3 Å². The molecule has 1 amide bonds. The molecule has 20 heavy (non-hydrogen) atoms. The second-order valence-electron chi connectivity index (χ2n) is 5.29. The van der Waals surface area contributed by atoms with Gasteiger partial charge >= 0.3 is 0 Å². The van der Waals surface area contributed by atoms with Crippen LogP contribution in [-0.4, -0.2) is 28.9 Å². The molecule has 106 valence electrons. The number of benzene rings is 1. The van der Waals surface area contributed by atoms with Gasteiger partial charge in [0.2, 0.25) is 0 Å². The molecule has 0 atom stereocenters. The maximum atomic E-state index is 12.6. The molecule has 1 aromatic heterocycles. The average molecular weight is 289 g/mol. The lowest BCUT2D eigenvalue weighted by Gasteiger charge is -2.24. The van der Waals surface area contributed by atoms with Gasteiger partial charge in [-0.05, 0) is 31.0 Å². The minimum absolute atomic E-state index is 0.140. The maximum Gasteiger partial charge on any atom is 0.253 e. The molecule has 0 radical (unpaired) electrons. The fourth-order valence-electron chi connectivity index (χ4n) is 2.71. The number of likely N-dealkylation sites (tertiary alicyclic amines) is 1. The third kappa shape index (κ3) is 2.77. The van der Waals surface area contributed by atoms with Crippen LogP contribution in [0.3, 0.4) is 0 Å². The zero-order chi connectivity index (χ0) is 13.9. The molecule has 0 aliphatic carbocycles. The molecule has 1 aromatic carbocycles. The monoisotopic (exact) mass is 289 g/mol. The topological polar surface area (TPSA) is 59.2 Å². The first kappa shape index (κ1) is 13.4. The molecule has 3 rings (SSSR count). The van der Waals surface area contributed by atoms with Crippen LogP contribution in [0.2, 0.25) is 0 Å². The Bertz CT molecular complexity index is 615. The first-order valence-corrected chi connectivity index (χ1v) is 8.01. The number of nitrogens with two attached hydrogens (primary N) is 1. The van der Waals surface area contributed by atoms with E-state index in [9.17, 15) is 4.79 Å². The molecule has 0 saturated carbocycles. The Labute approximate surface area is 122 Å². The van der Waals surface area contributed by atoms with Crippen molar-refractivity contribution in [3.05, 3.63) is 23.8 Å². The van der Waals surface area contributed by atoms with Gasteiger partial charge < -0.3 is 10.6 Å². The second kappa shape index (κ2) is 5.79. The van der Waals surface area contributed by atoms with E-state index in [0.717, 1.165) is 41.7 Å². The third-order valence-corrected chi connectivity index (χ3v) is 4.64. The van der Waals surface area contributed by atoms with Gasteiger partial charge in [0, 0.05) is 18.7 Å². The highest BCUT2D eigenvalue weighted by atomic mass is 32.1. The lowest BCUT2D eigenvalue weighted by molar-refractivity contribution is 0.0742. The van der Waals surface area contributed by atoms with Gasteiger partial charge in [-0.25, -0.2) is 4.98 Å². The minimum Gasteiger partial charge on any atom is -0.375 e. The highest BCUT2D eigenvalue weighted by Crippen LogP contribution is 2.25. The summed E-state index contributed by atoms with van der Waals surface area (Å²) in [5.41, 5.74) is 7.33. The summed E-state index contributed by atoms with van der Waals surface area (Å²) >= 11 is 1.43. The van der Waals surface area contributed by atoms with E-state index >= 15 is 0 Å². The van der Waals surface area contributed by atoms with Crippen LogP contribution in [0, 0.1) is 0 Å². The SMILES string of the molecule is Nc1nc2ccc(C(=O)N3CCCCCCC3)cc2s1. The third-order valence-electron chi connectivity index (χ3n) is 3.80. The molecule has 5 heteroatoms. The van der Waals surface area contributed by atoms with Gasteiger partial charge in [0.05, 0.1) is 10.2 Å². The highest BCUT2D eigenvalue weighted by molar-refractivity contribution is 7.22. The molecule has 1 saturated heterocycles. The first-order valence-electron chi connectivity index (χ1n) is 7.19. The summed E-state index contributed by atoms with van der Waals surface area (Å²) in [6.45, 7) is 1.75. The quantitative estimate of drug-likeness (QED) is 0.876. The molecule has 0 bridgehead atoms. The van der Waals surface area contributed by atoms with Crippen molar-refractivity contribution in [3.63, 3.8) is 0 Å². The average Bonchev–Trinajstić information content (AvgIpc) is 2.76. The number of aromatic nitrogens is 1. The summed E-state index contributed by atoms with van der Waals surface area (Å²) in [5, 5.41) is 0.552. The van der Waals surface area contributed by atoms with E-state index in [4.69, 9.17) is 5.73 Å². The number of fused-ring (bicyclic) bond motifs is 1. The van der Waals surface area contributed by atoms with Gasteiger partial charge in [-0.3, -0.25) is 4.79 Å². The number of nitrogen functional groups attached to an aromatic ring is 1. The van der Waals surface area contributed by atoms with E-state index in [1.54, 1.807) is 0 Å². The summed E-state index contributed by atoms with van der Waals surface area (Å²) in [6.07, 6.45) is 5.99. The Morgan fingerprint density at radius 3 is 2.60 bits per heavy atom. The minimum atomic E-state index is 0.140. The highest BCUT2D eigenvalue weighted by Gasteiger charge is 2.17. The van der Waals surface area contributed by atoms with Crippen molar-refractivity contribution in [3.8, 4) is 0 Å². The van der Waals surface area contributed by atoms with Gasteiger partial charge in [-0.1, -0.05) is 30.6 Å². The molecule has 1 aliphatic rings. The molecular weight excluding hydrogens is 270 g/mol. The lowest BCUT2D eigenvalue weighted by atomic mass is 10.1. The number of amides is 1. The number of rotatable bonds is 1. The number of carbonyl (C=O) groups excluding carboxylic acids is 1. The van der Waals surface area contributed by atoms with E-state index in [1.165, 1.54) is 30.6 Å². The smallest absolute Gasteiger partial charge is 0.253 e. The van der Waals surface area contributed by atoms with Crippen LogP contribution in [0.4, 0.5) is 5.13 Å². The van der Waals surface area contributed by atoms with Gasteiger partial charge in [0.1, 0.15) is 0 Å². The Morgan fingerprint density at radius 2 is 1.85 bits per heavy atom.